The minimum atomic E-state index is -0.235. The summed E-state index contributed by atoms with van der Waals surface area (Å²) in [6.45, 7) is 3.75. The number of anilines is 2. The molecule has 0 saturated heterocycles. The van der Waals surface area contributed by atoms with Gasteiger partial charge in [0.15, 0.2) is 0 Å². The summed E-state index contributed by atoms with van der Waals surface area (Å²) in [4.78, 5) is 25.0. The zero-order chi connectivity index (χ0) is 19.1. The summed E-state index contributed by atoms with van der Waals surface area (Å²) < 4.78 is 0. The Morgan fingerprint density at radius 1 is 0.741 bits per heavy atom. The Morgan fingerprint density at radius 3 is 1.78 bits per heavy atom. The lowest BCUT2D eigenvalue weighted by Crippen LogP contribution is -2.17. The van der Waals surface area contributed by atoms with Gasteiger partial charge in [-0.3, -0.25) is 9.59 Å². The third-order valence-electron chi connectivity index (χ3n) is 4.03. The number of nitrogens with one attached hydrogen (secondary N) is 2. The fourth-order valence-corrected chi connectivity index (χ4v) is 2.67. The standard InChI is InChI=1S/C23H20N2O2/c1-2-9-17-14-15-20(24-22(26)18-10-5-3-6-11-18)21(16-17)25-23(27)19-12-7-4-8-13-19/h2-8,10-16H,1,9H2,(H,24,26)(H,25,27). The number of amides is 2. The van der Waals surface area contributed by atoms with E-state index in [4.69, 9.17) is 0 Å². The molecule has 0 aliphatic rings. The summed E-state index contributed by atoms with van der Waals surface area (Å²) in [5, 5.41) is 5.77. The topological polar surface area (TPSA) is 58.2 Å². The van der Waals surface area contributed by atoms with Crippen molar-refractivity contribution in [2.75, 3.05) is 10.6 Å². The lowest BCUT2D eigenvalue weighted by molar-refractivity contribution is 0.101. The van der Waals surface area contributed by atoms with Crippen molar-refractivity contribution in [1.82, 2.24) is 0 Å². The number of hydrogen-bond donors (Lipinski definition) is 2. The van der Waals surface area contributed by atoms with Gasteiger partial charge in [0.25, 0.3) is 11.8 Å². The Hall–Kier alpha value is -3.66. The molecule has 3 aromatic rings. The molecule has 134 valence electrons. The molecule has 0 aliphatic heterocycles. The molecule has 0 bridgehead atoms. The zero-order valence-corrected chi connectivity index (χ0v) is 14.8. The summed E-state index contributed by atoms with van der Waals surface area (Å²) >= 11 is 0. The quantitative estimate of drug-likeness (QED) is 0.616. The fraction of sp³-hybridized carbons (Fsp3) is 0.0435. The molecule has 3 rings (SSSR count). The molecule has 0 radical (unpaired) electrons. The van der Waals surface area contributed by atoms with Crippen LogP contribution in [-0.4, -0.2) is 11.8 Å². The second kappa shape index (κ2) is 8.63. The van der Waals surface area contributed by atoms with Crippen LogP contribution in [0.1, 0.15) is 26.3 Å². The van der Waals surface area contributed by atoms with Crippen molar-refractivity contribution >= 4 is 23.2 Å². The fourth-order valence-electron chi connectivity index (χ4n) is 2.67. The molecule has 4 heteroatoms. The first-order chi connectivity index (χ1) is 13.2. The molecule has 2 amide bonds. The smallest absolute Gasteiger partial charge is 0.255 e. The predicted molar refractivity (Wildman–Crippen MR) is 109 cm³/mol. The molecule has 0 saturated carbocycles. The summed E-state index contributed by atoms with van der Waals surface area (Å²) in [5.41, 5.74) is 3.18. The highest BCUT2D eigenvalue weighted by atomic mass is 16.2. The van der Waals surface area contributed by atoms with Gasteiger partial charge in [0.05, 0.1) is 11.4 Å². The summed E-state index contributed by atoms with van der Waals surface area (Å²) in [6.07, 6.45) is 2.46. The third-order valence-corrected chi connectivity index (χ3v) is 4.03. The van der Waals surface area contributed by atoms with Gasteiger partial charge in [-0.1, -0.05) is 48.5 Å². The van der Waals surface area contributed by atoms with Crippen LogP contribution in [0.4, 0.5) is 11.4 Å². The van der Waals surface area contributed by atoms with E-state index in [1.54, 1.807) is 60.7 Å². The molecule has 0 aromatic heterocycles. The highest BCUT2D eigenvalue weighted by Gasteiger charge is 2.13. The Labute approximate surface area is 158 Å². The average Bonchev–Trinajstić information content (AvgIpc) is 2.71. The van der Waals surface area contributed by atoms with Gasteiger partial charge in [-0.05, 0) is 48.4 Å². The van der Waals surface area contributed by atoms with Gasteiger partial charge in [0.1, 0.15) is 0 Å². The lowest BCUT2D eigenvalue weighted by Gasteiger charge is -2.14. The maximum Gasteiger partial charge on any atom is 0.255 e. The number of carbonyl (C=O) groups is 2. The Kier molecular flexibility index (Phi) is 5.80. The van der Waals surface area contributed by atoms with E-state index in [0.717, 1.165) is 5.56 Å². The maximum absolute atomic E-state index is 12.5. The van der Waals surface area contributed by atoms with E-state index in [2.05, 4.69) is 17.2 Å². The van der Waals surface area contributed by atoms with E-state index in [1.807, 2.05) is 24.3 Å². The largest absolute Gasteiger partial charge is 0.320 e. The number of rotatable bonds is 6. The van der Waals surface area contributed by atoms with Crippen molar-refractivity contribution in [1.29, 1.82) is 0 Å². The first-order valence-electron chi connectivity index (χ1n) is 8.64. The van der Waals surface area contributed by atoms with Crippen LogP contribution in [0, 0.1) is 0 Å². The first kappa shape index (κ1) is 18.1. The molecule has 2 N–H and O–H groups in total. The van der Waals surface area contributed by atoms with Gasteiger partial charge in [-0.15, -0.1) is 6.58 Å². The van der Waals surface area contributed by atoms with Crippen molar-refractivity contribution < 1.29 is 9.59 Å². The molecule has 3 aromatic carbocycles. The maximum atomic E-state index is 12.5. The number of hydrogen-bond acceptors (Lipinski definition) is 2. The van der Waals surface area contributed by atoms with Crippen LogP contribution in [0.5, 0.6) is 0 Å². The van der Waals surface area contributed by atoms with Crippen molar-refractivity contribution in [3.05, 3.63) is 108 Å². The molecule has 0 fully saturated rings. The second-order valence-corrected chi connectivity index (χ2v) is 6.01. The Balaban J connectivity index is 1.87. The zero-order valence-electron chi connectivity index (χ0n) is 14.8. The van der Waals surface area contributed by atoms with E-state index in [-0.39, 0.29) is 11.8 Å². The number of benzene rings is 3. The van der Waals surface area contributed by atoms with E-state index in [9.17, 15) is 9.59 Å². The normalized spacial score (nSPS) is 10.1. The molecule has 0 spiro atoms. The third kappa shape index (κ3) is 4.70. The van der Waals surface area contributed by atoms with Gasteiger partial charge in [0.2, 0.25) is 0 Å². The molecule has 0 atom stereocenters. The number of allylic oxidation sites excluding steroid dienone is 1. The van der Waals surface area contributed by atoms with Crippen LogP contribution in [0.2, 0.25) is 0 Å². The molecule has 0 unspecified atom stereocenters. The minimum Gasteiger partial charge on any atom is -0.320 e. The molecular weight excluding hydrogens is 336 g/mol. The van der Waals surface area contributed by atoms with E-state index >= 15 is 0 Å². The summed E-state index contributed by atoms with van der Waals surface area (Å²) in [7, 11) is 0. The van der Waals surface area contributed by atoms with Crippen molar-refractivity contribution in [2.24, 2.45) is 0 Å². The monoisotopic (exact) mass is 356 g/mol. The highest BCUT2D eigenvalue weighted by molar-refractivity contribution is 6.10. The first-order valence-corrected chi connectivity index (χ1v) is 8.64. The van der Waals surface area contributed by atoms with Crippen LogP contribution >= 0.6 is 0 Å². The van der Waals surface area contributed by atoms with Crippen molar-refractivity contribution in [3.8, 4) is 0 Å². The van der Waals surface area contributed by atoms with E-state index in [0.29, 0.717) is 28.9 Å². The van der Waals surface area contributed by atoms with Crippen molar-refractivity contribution in [3.63, 3.8) is 0 Å². The SMILES string of the molecule is C=CCc1ccc(NC(=O)c2ccccc2)c(NC(=O)c2ccccc2)c1. The van der Waals surface area contributed by atoms with E-state index < -0.39 is 0 Å². The van der Waals surface area contributed by atoms with Gasteiger partial charge >= 0.3 is 0 Å². The summed E-state index contributed by atoms with van der Waals surface area (Å²) in [6, 6.07) is 23.4. The van der Waals surface area contributed by atoms with Crippen LogP contribution < -0.4 is 10.6 Å². The minimum absolute atomic E-state index is 0.234. The lowest BCUT2D eigenvalue weighted by atomic mass is 10.1. The van der Waals surface area contributed by atoms with Crippen LogP contribution in [0.15, 0.2) is 91.5 Å². The van der Waals surface area contributed by atoms with Gasteiger partial charge < -0.3 is 10.6 Å². The molecule has 27 heavy (non-hydrogen) atoms. The molecule has 0 aliphatic carbocycles. The van der Waals surface area contributed by atoms with Crippen molar-refractivity contribution in [2.45, 2.75) is 6.42 Å². The second-order valence-electron chi connectivity index (χ2n) is 6.01. The molecule has 4 nitrogen and oxygen atoms in total. The van der Waals surface area contributed by atoms with Crippen LogP contribution in [-0.2, 0) is 6.42 Å². The molecule has 0 heterocycles. The summed E-state index contributed by atoms with van der Waals surface area (Å²) in [5.74, 6) is -0.469. The van der Waals surface area contributed by atoms with Gasteiger partial charge in [-0.2, -0.15) is 0 Å². The highest BCUT2D eigenvalue weighted by Crippen LogP contribution is 2.25. The number of carbonyl (C=O) groups excluding carboxylic acids is 2. The van der Waals surface area contributed by atoms with Crippen LogP contribution in [0.3, 0.4) is 0 Å². The predicted octanol–water partition coefficient (Wildman–Crippen LogP) is 4.92. The average molecular weight is 356 g/mol. The Morgan fingerprint density at radius 2 is 1.26 bits per heavy atom. The molecular formula is C23H20N2O2. The Bertz CT molecular complexity index is 951. The van der Waals surface area contributed by atoms with Crippen LogP contribution in [0.25, 0.3) is 0 Å². The van der Waals surface area contributed by atoms with Gasteiger partial charge in [0, 0.05) is 11.1 Å². The van der Waals surface area contributed by atoms with Gasteiger partial charge in [-0.25, -0.2) is 0 Å². The van der Waals surface area contributed by atoms with E-state index in [1.165, 1.54) is 0 Å².